The van der Waals surface area contributed by atoms with Gasteiger partial charge in [0.05, 0.1) is 17.7 Å². The third-order valence-corrected chi connectivity index (χ3v) is 4.95. The molecule has 1 atom stereocenters. The molecule has 0 unspecified atom stereocenters. The van der Waals surface area contributed by atoms with Crippen LogP contribution < -0.4 is 67.1 Å². The Kier molecular flexibility index (Phi) is 8.55. The zero-order valence-electron chi connectivity index (χ0n) is 18.4. The van der Waals surface area contributed by atoms with Gasteiger partial charge in [-0.3, -0.25) is 0 Å². The van der Waals surface area contributed by atoms with Gasteiger partial charge < -0.3 is 25.0 Å². The molecule has 0 fully saturated rings. The van der Waals surface area contributed by atoms with Crippen molar-refractivity contribution >= 4 is 28.8 Å². The number of urea groups is 1. The van der Waals surface area contributed by atoms with Crippen molar-refractivity contribution in [3.63, 3.8) is 0 Å². The van der Waals surface area contributed by atoms with Crippen molar-refractivity contribution in [2.45, 2.75) is 19.4 Å². The largest absolute Gasteiger partial charge is 1.00 e. The van der Waals surface area contributed by atoms with E-state index < -0.39 is 29.7 Å². The molecule has 0 aliphatic heterocycles. The third-order valence-electron chi connectivity index (χ3n) is 4.95. The van der Waals surface area contributed by atoms with Crippen molar-refractivity contribution in [1.29, 1.82) is 0 Å². The predicted octanol–water partition coefficient (Wildman–Crippen LogP) is 0.568. The molecule has 1 heterocycles. The van der Waals surface area contributed by atoms with Gasteiger partial charge in [0.15, 0.2) is 5.58 Å². The molecular weight excluding hydrogens is 471 g/mol. The number of anilines is 1. The monoisotopic (exact) mass is 489 g/mol. The number of nitrogens with zero attached hydrogens (tertiary/aromatic N) is 1. The van der Waals surface area contributed by atoms with Gasteiger partial charge in [-0.1, -0.05) is 18.2 Å². The molecule has 3 aromatic carbocycles. The Hall–Kier alpha value is -2.63. The fourth-order valence-electron chi connectivity index (χ4n) is 3.28. The smallest absolute Gasteiger partial charge is 0.548 e. The van der Waals surface area contributed by atoms with Crippen LogP contribution in [0.3, 0.4) is 0 Å². The zero-order valence-corrected chi connectivity index (χ0v) is 21.5. The van der Waals surface area contributed by atoms with E-state index in [0.717, 1.165) is 11.6 Å². The first-order valence-electron chi connectivity index (χ1n) is 9.98. The van der Waals surface area contributed by atoms with E-state index in [-0.39, 0.29) is 69.4 Å². The zero-order chi connectivity index (χ0) is 23.5. The number of aromatic nitrogens is 1. The first-order valence-corrected chi connectivity index (χ1v) is 9.98. The fourth-order valence-corrected chi connectivity index (χ4v) is 3.28. The minimum absolute atomic E-state index is 0. The minimum Gasteiger partial charge on any atom is -0.548 e. The maximum atomic E-state index is 14.6. The van der Waals surface area contributed by atoms with Crippen LogP contribution in [0.4, 0.5) is 19.3 Å². The Balaban J connectivity index is 0.00000324. The maximum Gasteiger partial charge on any atom is 1.00 e. The molecule has 2 N–H and O–H groups in total. The van der Waals surface area contributed by atoms with E-state index >= 15 is 0 Å². The SMILES string of the molecule is Cc1ccc2oc(-c3ccc(NC(=O)N[C@@H](Cc4ccc(F)cc4)C(=O)[O-])c(F)c3)nc2c1.[K+]. The van der Waals surface area contributed by atoms with Crippen LogP contribution >= 0.6 is 0 Å². The Morgan fingerprint density at radius 2 is 1.79 bits per heavy atom. The molecule has 2 amide bonds. The number of carboxylic acid groups (broad SMARTS) is 1. The number of rotatable bonds is 6. The number of hydrogen-bond acceptors (Lipinski definition) is 5. The molecule has 0 spiro atoms. The van der Waals surface area contributed by atoms with Gasteiger partial charge in [-0.2, -0.15) is 0 Å². The van der Waals surface area contributed by atoms with Gasteiger partial charge in [0.1, 0.15) is 17.2 Å². The van der Waals surface area contributed by atoms with Crippen LogP contribution in [-0.2, 0) is 11.2 Å². The van der Waals surface area contributed by atoms with Gasteiger partial charge in [-0.15, -0.1) is 0 Å². The number of fused-ring (bicyclic) bond motifs is 1. The number of benzene rings is 3. The number of aryl methyl sites for hydroxylation is 1. The van der Waals surface area contributed by atoms with E-state index in [1.807, 2.05) is 19.1 Å². The van der Waals surface area contributed by atoms with Crippen LogP contribution in [0.25, 0.3) is 22.6 Å². The van der Waals surface area contributed by atoms with Crippen molar-refractivity contribution in [3.05, 3.63) is 83.4 Å². The Morgan fingerprint density at radius 3 is 2.47 bits per heavy atom. The second kappa shape index (κ2) is 11.2. The molecule has 0 saturated carbocycles. The van der Waals surface area contributed by atoms with Crippen molar-refractivity contribution < 1.29 is 79.3 Å². The van der Waals surface area contributed by atoms with Crippen LogP contribution in [0.2, 0.25) is 0 Å². The van der Waals surface area contributed by atoms with Gasteiger partial charge in [0, 0.05) is 5.56 Å². The summed E-state index contributed by atoms with van der Waals surface area (Å²) >= 11 is 0. The Labute approximate surface area is 236 Å². The number of nitrogens with one attached hydrogen (secondary N) is 2. The molecule has 4 aromatic rings. The number of amides is 2. The van der Waals surface area contributed by atoms with E-state index in [2.05, 4.69) is 15.6 Å². The summed E-state index contributed by atoms with van der Waals surface area (Å²) in [4.78, 5) is 28.0. The molecule has 168 valence electrons. The molecule has 1 aromatic heterocycles. The minimum atomic E-state index is -1.53. The summed E-state index contributed by atoms with van der Waals surface area (Å²) < 4.78 is 33.3. The van der Waals surface area contributed by atoms with Crippen LogP contribution in [0.15, 0.2) is 65.1 Å². The van der Waals surface area contributed by atoms with Crippen LogP contribution in [0, 0.1) is 18.6 Å². The number of carbonyl (C=O) groups is 2. The molecule has 0 bridgehead atoms. The normalized spacial score (nSPS) is 11.5. The number of aliphatic carboxylic acids is 1. The second-order valence-electron chi connectivity index (χ2n) is 7.49. The molecule has 10 heteroatoms. The summed E-state index contributed by atoms with van der Waals surface area (Å²) in [6.45, 7) is 1.92. The van der Waals surface area contributed by atoms with Gasteiger partial charge in [-0.25, -0.2) is 18.6 Å². The summed E-state index contributed by atoms with van der Waals surface area (Å²) in [6.07, 6.45) is -0.130. The van der Waals surface area contributed by atoms with Gasteiger partial charge in [0.25, 0.3) is 0 Å². The van der Waals surface area contributed by atoms with Crippen molar-refractivity contribution in [2.24, 2.45) is 0 Å². The van der Waals surface area contributed by atoms with E-state index in [0.29, 0.717) is 22.2 Å². The summed E-state index contributed by atoms with van der Waals surface area (Å²) in [5.74, 6) is -2.54. The number of carboxylic acids is 1. The summed E-state index contributed by atoms with van der Waals surface area (Å²) in [7, 11) is 0. The van der Waals surface area contributed by atoms with Gasteiger partial charge in [-0.05, 0) is 66.9 Å². The van der Waals surface area contributed by atoms with Crippen molar-refractivity contribution in [3.8, 4) is 11.5 Å². The molecule has 34 heavy (non-hydrogen) atoms. The van der Waals surface area contributed by atoms with Crippen LogP contribution in [0.5, 0.6) is 0 Å². The summed E-state index contributed by atoms with van der Waals surface area (Å²) in [5, 5.41) is 15.9. The molecular formula is C24H18F2KN3O4. The topological polar surface area (TPSA) is 107 Å². The quantitative estimate of drug-likeness (QED) is 0.385. The van der Waals surface area contributed by atoms with E-state index in [9.17, 15) is 23.5 Å². The Morgan fingerprint density at radius 1 is 1.06 bits per heavy atom. The molecule has 7 nitrogen and oxygen atoms in total. The number of oxazole rings is 1. The number of carbonyl (C=O) groups excluding carboxylic acids is 2. The molecule has 0 aliphatic carbocycles. The molecule has 0 aliphatic rings. The van der Waals surface area contributed by atoms with Crippen LogP contribution in [-0.4, -0.2) is 23.0 Å². The Bertz CT molecular complexity index is 1340. The number of hydrogen-bond donors (Lipinski definition) is 2. The van der Waals surface area contributed by atoms with Gasteiger partial charge in [0.2, 0.25) is 5.89 Å². The van der Waals surface area contributed by atoms with E-state index in [1.54, 1.807) is 6.07 Å². The van der Waals surface area contributed by atoms with Gasteiger partial charge >= 0.3 is 57.4 Å². The summed E-state index contributed by atoms with van der Waals surface area (Å²) in [5.41, 5.74) is 2.90. The molecule has 0 saturated heterocycles. The molecule has 0 radical (unpaired) electrons. The number of halogens is 2. The summed E-state index contributed by atoms with van der Waals surface area (Å²) in [6, 6.07) is 12.3. The van der Waals surface area contributed by atoms with Crippen LogP contribution in [0.1, 0.15) is 11.1 Å². The van der Waals surface area contributed by atoms with Crippen molar-refractivity contribution in [1.82, 2.24) is 10.3 Å². The fraction of sp³-hybridized carbons (Fsp3) is 0.125. The second-order valence-corrected chi connectivity index (χ2v) is 7.49. The van der Waals surface area contributed by atoms with E-state index in [1.165, 1.54) is 36.4 Å². The standard InChI is InChI=1S/C24H19F2N3O4.K/c1-13-2-9-21-19(10-13)27-22(33-21)15-5-8-18(17(26)12-15)28-24(32)29-20(23(30)31)11-14-3-6-16(25)7-4-14;/h2-10,12,20H,11H2,1H3,(H,30,31)(H2,28,29,32);/q;+1/p-1/t20-;/m0./s1. The average molecular weight is 490 g/mol. The predicted molar refractivity (Wildman–Crippen MR) is 115 cm³/mol. The van der Waals surface area contributed by atoms with Crippen molar-refractivity contribution in [2.75, 3.05) is 5.32 Å². The average Bonchev–Trinajstić information content (AvgIpc) is 3.19. The first-order chi connectivity index (χ1) is 15.8. The van der Waals surface area contributed by atoms with E-state index in [4.69, 9.17) is 4.42 Å². The maximum absolute atomic E-state index is 14.6. The molecule has 4 rings (SSSR count). The first kappa shape index (κ1) is 26.0. The third kappa shape index (κ3) is 6.27.